The van der Waals surface area contributed by atoms with Crippen molar-refractivity contribution in [2.24, 2.45) is 0 Å². The molecule has 1 aliphatic heterocycles. The molecule has 4 aromatic rings. The number of nitrogens with one attached hydrogen (secondary N) is 2. The van der Waals surface area contributed by atoms with Crippen LogP contribution < -0.4 is 19.8 Å². The second kappa shape index (κ2) is 10.4. The minimum absolute atomic E-state index is 0.483. The third-order valence-corrected chi connectivity index (χ3v) is 8.00. The molecule has 3 heterocycles. The molecule has 0 unspecified atom stereocenters. The summed E-state index contributed by atoms with van der Waals surface area (Å²) < 4.78 is 27.6. The Balaban J connectivity index is 1.30. The first-order chi connectivity index (χ1) is 17.8. The van der Waals surface area contributed by atoms with Crippen molar-refractivity contribution in [3.63, 3.8) is 0 Å². The number of anilines is 4. The van der Waals surface area contributed by atoms with Crippen LogP contribution in [0.3, 0.4) is 0 Å². The first-order valence-electron chi connectivity index (χ1n) is 12.5. The van der Waals surface area contributed by atoms with Crippen molar-refractivity contribution in [3.8, 4) is 0 Å². The van der Waals surface area contributed by atoms with Crippen molar-refractivity contribution in [2.75, 3.05) is 47.5 Å². The van der Waals surface area contributed by atoms with Gasteiger partial charge in [0.25, 0.3) is 0 Å². The van der Waals surface area contributed by atoms with Crippen molar-refractivity contribution in [1.82, 2.24) is 19.9 Å². The Labute approximate surface area is 218 Å². The molecule has 1 fully saturated rings. The molecule has 37 heavy (non-hydrogen) atoms. The van der Waals surface area contributed by atoms with Gasteiger partial charge in [0.15, 0.2) is 0 Å². The zero-order valence-electron chi connectivity index (χ0n) is 21.4. The molecule has 0 aliphatic carbocycles. The van der Waals surface area contributed by atoms with E-state index in [0.29, 0.717) is 30.6 Å². The van der Waals surface area contributed by atoms with Crippen LogP contribution in [-0.4, -0.2) is 61.9 Å². The van der Waals surface area contributed by atoms with Crippen LogP contribution in [0.2, 0.25) is 0 Å². The summed E-state index contributed by atoms with van der Waals surface area (Å²) in [5.74, 6) is 0.535. The van der Waals surface area contributed by atoms with Crippen molar-refractivity contribution < 1.29 is 8.42 Å². The van der Waals surface area contributed by atoms with Gasteiger partial charge in [0, 0.05) is 68.4 Å². The monoisotopic (exact) mass is 519 g/mol. The van der Waals surface area contributed by atoms with Crippen LogP contribution in [-0.2, 0) is 23.0 Å². The van der Waals surface area contributed by atoms with E-state index < -0.39 is 10.0 Å². The van der Waals surface area contributed by atoms with E-state index in [1.54, 1.807) is 7.05 Å². The molecule has 0 saturated carbocycles. The lowest BCUT2D eigenvalue weighted by atomic mass is 10.1. The number of aromatic nitrogens is 3. The Bertz CT molecular complexity index is 1480. The number of para-hydroxylation sites is 1. The smallest absolute Gasteiger partial charge is 0.232 e. The highest BCUT2D eigenvalue weighted by Crippen LogP contribution is 2.24. The minimum atomic E-state index is -3.34. The van der Waals surface area contributed by atoms with E-state index in [9.17, 15) is 8.42 Å². The van der Waals surface area contributed by atoms with E-state index in [-0.39, 0.29) is 0 Å². The molecular weight excluding hydrogens is 486 g/mol. The molecule has 5 rings (SSSR count). The summed E-state index contributed by atoms with van der Waals surface area (Å²) in [7, 11) is -1.76. The quantitative estimate of drug-likeness (QED) is 0.367. The van der Waals surface area contributed by atoms with Gasteiger partial charge >= 0.3 is 0 Å². The van der Waals surface area contributed by atoms with Gasteiger partial charge in [0.1, 0.15) is 5.65 Å². The van der Waals surface area contributed by atoms with Gasteiger partial charge in [-0.05, 0) is 55.3 Å². The highest BCUT2D eigenvalue weighted by Gasteiger charge is 2.17. The average molecular weight is 520 g/mol. The predicted molar refractivity (Wildman–Crippen MR) is 150 cm³/mol. The zero-order chi connectivity index (χ0) is 26.0. The number of rotatable bonds is 8. The molecule has 9 nitrogen and oxygen atoms in total. The molecule has 0 amide bonds. The largest absolute Gasteiger partial charge is 0.369 e. The third-order valence-electron chi connectivity index (χ3n) is 6.81. The predicted octanol–water partition coefficient (Wildman–Crippen LogP) is 3.61. The average Bonchev–Trinajstić information content (AvgIpc) is 3.29. The summed E-state index contributed by atoms with van der Waals surface area (Å²) in [6, 6.07) is 18.5. The SMILES string of the molecule is C[C@H]1CN(c2ccc(Nc3ncc4ccn(CCc5ccccc5N(C)S(C)(=O)=O)c4n3)cc2)CCN1. The molecular formula is C27H33N7O2S. The van der Waals surface area contributed by atoms with E-state index in [0.717, 1.165) is 41.9 Å². The highest BCUT2D eigenvalue weighted by atomic mass is 32.2. The van der Waals surface area contributed by atoms with E-state index in [2.05, 4.69) is 56.3 Å². The maximum Gasteiger partial charge on any atom is 0.232 e. The van der Waals surface area contributed by atoms with Crippen LogP contribution in [0.25, 0.3) is 11.0 Å². The van der Waals surface area contributed by atoms with Gasteiger partial charge in [0.2, 0.25) is 16.0 Å². The molecule has 1 aliphatic rings. The van der Waals surface area contributed by atoms with Crippen LogP contribution in [0, 0.1) is 0 Å². The number of aryl methyl sites for hydroxylation is 2. The van der Waals surface area contributed by atoms with Crippen LogP contribution in [0.1, 0.15) is 12.5 Å². The minimum Gasteiger partial charge on any atom is -0.369 e. The number of nitrogens with zero attached hydrogens (tertiary/aromatic N) is 5. The Morgan fingerprint density at radius 3 is 2.68 bits per heavy atom. The standard InChI is InChI=1S/C27H33N7O2S/c1-20-19-34(17-14-28-20)24-10-8-23(9-11-24)30-27-29-18-22-13-16-33(26(22)31-27)15-12-21-6-4-5-7-25(21)32(2)37(3,35)36/h4-11,13,16,18,20,28H,12,14-15,17,19H2,1-3H3,(H,29,30,31)/t20-/m0/s1. The molecule has 2 aromatic carbocycles. The number of sulfonamides is 1. The van der Waals surface area contributed by atoms with Crippen LogP contribution >= 0.6 is 0 Å². The van der Waals surface area contributed by atoms with Crippen molar-refractivity contribution >= 4 is 44.1 Å². The molecule has 1 saturated heterocycles. The van der Waals surface area contributed by atoms with Crippen LogP contribution in [0.4, 0.5) is 23.0 Å². The number of piperazine rings is 1. The van der Waals surface area contributed by atoms with Gasteiger partial charge in [0.05, 0.1) is 11.9 Å². The zero-order valence-corrected chi connectivity index (χ0v) is 22.2. The lowest BCUT2D eigenvalue weighted by Crippen LogP contribution is -2.49. The Morgan fingerprint density at radius 1 is 1.14 bits per heavy atom. The van der Waals surface area contributed by atoms with E-state index >= 15 is 0 Å². The summed E-state index contributed by atoms with van der Waals surface area (Å²) in [5.41, 5.74) is 4.63. The molecule has 1 atom stereocenters. The lowest BCUT2D eigenvalue weighted by molar-refractivity contribution is 0.485. The molecule has 0 bridgehead atoms. The van der Waals surface area contributed by atoms with Gasteiger partial charge in [-0.15, -0.1) is 0 Å². The molecule has 10 heteroatoms. The summed E-state index contributed by atoms with van der Waals surface area (Å²) >= 11 is 0. The lowest BCUT2D eigenvalue weighted by Gasteiger charge is -2.33. The third kappa shape index (κ3) is 5.70. The maximum absolute atomic E-state index is 12.1. The van der Waals surface area contributed by atoms with Crippen molar-refractivity contribution in [2.45, 2.75) is 25.9 Å². The van der Waals surface area contributed by atoms with Crippen molar-refractivity contribution in [3.05, 3.63) is 72.6 Å². The fourth-order valence-corrected chi connectivity index (χ4v) is 5.25. The topological polar surface area (TPSA) is 95.4 Å². The Morgan fingerprint density at radius 2 is 1.92 bits per heavy atom. The fraction of sp³-hybridized carbons (Fsp3) is 0.333. The van der Waals surface area contributed by atoms with Gasteiger partial charge in [-0.2, -0.15) is 4.98 Å². The second-order valence-electron chi connectivity index (χ2n) is 9.56. The fourth-order valence-electron chi connectivity index (χ4n) is 4.71. The molecule has 2 aromatic heterocycles. The molecule has 2 N–H and O–H groups in total. The molecule has 0 spiro atoms. The number of fused-ring (bicyclic) bond motifs is 1. The molecule has 194 valence electrons. The highest BCUT2D eigenvalue weighted by molar-refractivity contribution is 7.92. The van der Waals surface area contributed by atoms with E-state index in [4.69, 9.17) is 4.98 Å². The summed E-state index contributed by atoms with van der Waals surface area (Å²) in [6.07, 6.45) is 5.70. The first-order valence-corrected chi connectivity index (χ1v) is 14.3. The van der Waals surface area contributed by atoms with Crippen LogP contribution in [0.5, 0.6) is 0 Å². The summed E-state index contributed by atoms with van der Waals surface area (Å²) in [6.45, 7) is 5.86. The van der Waals surface area contributed by atoms with Gasteiger partial charge in [-0.3, -0.25) is 4.31 Å². The second-order valence-corrected chi connectivity index (χ2v) is 11.6. The van der Waals surface area contributed by atoms with Gasteiger partial charge in [-0.25, -0.2) is 13.4 Å². The van der Waals surface area contributed by atoms with E-state index in [1.807, 2.05) is 42.7 Å². The first kappa shape index (κ1) is 25.0. The Hall–Kier alpha value is -3.63. The number of benzene rings is 2. The van der Waals surface area contributed by atoms with Crippen LogP contribution in [0.15, 0.2) is 67.0 Å². The van der Waals surface area contributed by atoms with Gasteiger partial charge < -0.3 is 20.1 Å². The summed E-state index contributed by atoms with van der Waals surface area (Å²) in [4.78, 5) is 11.7. The molecule has 0 radical (unpaired) electrons. The van der Waals surface area contributed by atoms with E-state index in [1.165, 1.54) is 16.2 Å². The number of hydrogen-bond acceptors (Lipinski definition) is 7. The van der Waals surface area contributed by atoms with Crippen molar-refractivity contribution in [1.29, 1.82) is 0 Å². The maximum atomic E-state index is 12.1. The Kier molecular flexibility index (Phi) is 7.03. The number of hydrogen-bond donors (Lipinski definition) is 2. The van der Waals surface area contributed by atoms with Gasteiger partial charge in [-0.1, -0.05) is 18.2 Å². The normalized spacial score (nSPS) is 16.2. The summed E-state index contributed by atoms with van der Waals surface area (Å²) in [5, 5.41) is 7.76.